The third-order valence-corrected chi connectivity index (χ3v) is 3.52. The molecule has 0 aromatic heterocycles. The van der Waals surface area contributed by atoms with Gasteiger partial charge in [-0.2, -0.15) is 0 Å². The molecule has 1 aromatic rings. The van der Waals surface area contributed by atoms with Crippen molar-refractivity contribution in [2.45, 2.75) is 51.2 Å². The quantitative estimate of drug-likeness (QED) is 0.866. The first-order valence-electron chi connectivity index (χ1n) is 6.77. The Bertz CT molecular complexity index is 327. The molecule has 0 spiro atoms. The topological polar surface area (TPSA) is 35.2 Å². The van der Waals surface area contributed by atoms with Crippen molar-refractivity contribution in [3.63, 3.8) is 0 Å². The molecule has 2 rings (SSSR count). The van der Waals surface area contributed by atoms with Crippen LogP contribution in [-0.4, -0.2) is 12.7 Å². The second kappa shape index (κ2) is 6.18. The average molecular weight is 233 g/mol. The van der Waals surface area contributed by atoms with E-state index in [-0.39, 0.29) is 12.1 Å². The van der Waals surface area contributed by atoms with Gasteiger partial charge in [-0.15, -0.1) is 0 Å². The Morgan fingerprint density at radius 2 is 2.06 bits per heavy atom. The summed E-state index contributed by atoms with van der Waals surface area (Å²) >= 11 is 0. The molecule has 2 unspecified atom stereocenters. The molecule has 2 heteroatoms. The zero-order valence-electron chi connectivity index (χ0n) is 10.7. The molecule has 1 fully saturated rings. The van der Waals surface area contributed by atoms with E-state index in [0.717, 1.165) is 19.4 Å². The van der Waals surface area contributed by atoms with Gasteiger partial charge < -0.3 is 10.5 Å². The van der Waals surface area contributed by atoms with Gasteiger partial charge in [-0.05, 0) is 36.8 Å². The Labute approximate surface area is 104 Å². The van der Waals surface area contributed by atoms with Crippen LogP contribution in [0.3, 0.4) is 0 Å². The van der Waals surface area contributed by atoms with Gasteiger partial charge in [0.25, 0.3) is 0 Å². The van der Waals surface area contributed by atoms with Gasteiger partial charge in [-0.25, -0.2) is 0 Å². The van der Waals surface area contributed by atoms with Crippen LogP contribution in [0.15, 0.2) is 24.3 Å². The van der Waals surface area contributed by atoms with Crippen molar-refractivity contribution in [2.75, 3.05) is 6.61 Å². The van der Waals surface area contributed by atoms with Gasteiger partial charge in [0.1, 0.15) is 0 Å². The lowest BCUT2D eigenvalue weighted by Gasteiger charge is -2.28. The largest absolute Gasteiger partial charge is 0.376 e. The van der Waals surface area contributed by atoms with Gasteiger partial charge in [-0.3, -0.25) is 0 Å². The lowest BCUT2D eigenvalue weighted by Crippen LogP contribution is -2.31. The van der Waals surface area contributed by atoms with Crippen LogP contribution >= 0.6 is 0 Å². The van der Waals surface area contributed by atoms with Crippen molar-refractivity contribution in [3.05, 3.63) is 35.4 Å². The smallest absolute Gasteiger partial charge is 0.0767 e. The summed E-state index contributed by atoms with van der Waals surface area (Å²) in [5, 5.41) is 0. The van der Waals surface area contributed by atoms with Crippen molar-refractivity contribution < 1.29 is 4.74 Å². The number of hydrogen-bond donors (Lipinski definition) is 1. The van der Waals surface area contributed by atoms with Gasteiger partial charge >= 0.3 is 0 Å². The Morgan fingerprint density at radius 3 is 2.65 bits per heavy atom. The number of hydrogen-bond acceptors (Lipinski definition) is 2. The minimum Gasteiger partial charge on any atom is -0.376 e. The molecule has 94 valence electrons. The summed E-state index contributed by atoms with van der Waals surface area (Å²) in [4.78, 5) is 0. The fourth-order valence-corrected chi connectivity index (χ4v) is 2.46. The normalized spacial score (nSPS) is 22.4. The van der Waals surface area contributed by atoms with E-state index < -0.39 is 0 Å². The molecular formula is C15H23NO. The average Bonchev–Trinajstić information content (AvgIpc) is 2.40. The molecular weight excluding hydrogens is 210 g/mol. The van der Waals surface area contributed by atoms with Crippen LogP contribution in [0.4, 0.5) is 0 Å². The van der Waals surface area contributed by atoms with E-state index in [1.807, 2.05) is 0 Å². The maximum Gasteiger partial charge on any atom is 0.0767 e. The van der Waals surface area contributed by atoms with E-state index in [1.165, 1.54) is 30.4 Å². The molecule has 2 N–H and O–H groups in total. The van der Waals surface area contributed by atoms with Crippen LogP contribution in [0.1, 0.15) is 49.8 Å². The molecule has 0 saturated carbocycles. The van der Waals surface area contributed by atoms with Gasteiger partial charge in [0.2, 0.25) is 0 Å². The molecule has 17 heavy (non-hydrogen) atoms. The van der Waals surface area contributed by atoms with E-state index in [9.17, 15) is 0 Å². The molecule has 0 aliphatic carbocycles. The highest BCUT2D eigenvalue weighted by Gasteiger charge is 2.22. The lowest BCUT2D eigenvalue weighted by molar-refractivity contribution is 0.0000108. The van der Waals surface area contributed by atoms with Crippen LogP contribution in [0.2, 0.25) is 0 Å². The SMILES string of the molecule is CCCc1ccc(C(N)C2CCCCO2)cc1. The van der Waals surface area contributed by atoms with Crippen molar-refractivity contribution in [1.29, 1.82) is 0 Å². The molecule has 0 amide bonds. The highest BCUT2D eigenvalue weighted by atomic mass is 16.5. The van der Waals surface area contributed by atoms with Gasteiger partial charge in [0, 0.05) is 6.61 Å². The number of ether oxygens (including phenoxy) is 1. The summed E-state index contributed by atoms with van der Waals surface area (Å²) in [7, 11) is 0. The molecule has 2 nitrogen and oxygen atoms in total. The predicted octanol–water partition coefficient (Wildman–Crippen LogP) is 3.21. The van der Waals surface area contributed by atoms with Crippen LogP contribution in [0.5, 0.6) is 0 Å². The van der Waals surface area contributed by atoms with E-state index >= 15 is 0 Å². The summed E-state index contributed by atoms with van der Waals surface area (Å²) in [5.41, 5.74) is 8.87. The highest BCUT2D eigenvalue weighted by molar-refractivity contribution is 5.25. The van der Waals surface area contributed by atoms with Crippen LogP contribution in [-0.2, 0) is 11.2 Å². The summed E-state index contributed by atoms with van der Waals surface area (Å²) in [6.45, 7) is 3.07. The second-order valence-electron chi connectivity index (χ2n) is 4.92. The summed E-state index contributed by atoms with van der Waals surface area (Å²) in [6.07, 6.45) is 6.07. The maximum absolute atomic E-state index is 6.27. The molecule has 0 radical (unpaired) electrons. The number of aryl methyl sites for hydroxylation is 1. The molecule has 1 aliphatic rings. The first-order valence-corrected chi connectivity index (χ1v) is 6.77. The van der Waals surface area contributed by atoms with Crippen molar-refractivity contribution in [1.82, 2.24) is 0 Å². The zero-order chi connectivity index (χ0) is 12.1. The number of rotatable bonds is 4. The second-order valence-corrected chi connectivity index (χ2v) is 4.92. The van der Waals surface area contributed by atoms with Crippen LogP contribution in [0, 0.1) is 0 Å². The molecule has 0 bridgehead atoms. The third kappa shape index (κ3) is 3.30. The van der Waals surface area contributed by atoms with Gasteiger partial charge in [0.05, 0.1) is 12.1 Å². The first kappa shape index (κ1) is 12.6. The zero-order valence-corrected chi connectivity index (χ0v) is 10.7. The monoisotopic (exact) mass is 233 g/mol. The molecule has 1 aliphatic heterocycles. The Morgan fingerprint density at radius 1 is 1.29 bits per heavy atom. The van der Waals surface area contributed by atoms with Crippen LogP contribution in [0.25, 0.3) is 0 Å². The summed E-state index contributed by atoms with van der Waals surface area (Å²) in [5.74, 6) is 0. The maximum atomic E-state index is 6.27. The highest BCUT2D eigenvalue weighted by Crippen LogP contribution is 2.24. The molecule has 1 heterocycles. The Balaban J connectivity index is 2.00. The minimum atomic E-state index is 0.0333. The Kier molecular flexibility index (Phi) is 4.57. The fraction of sp³-hybridized carbons (Fsp3) is 0.600. The third-order valence-electron chi connectivity index (χ3n) is 3.52. The minimum absolute atomic E-state index is 0.0333. The molecule has 1 aromatic carbocycles. The summed E-state index contributed by atoms with van der Waals surface area (Å²) < 4.78 is 5.75. The van der Waals surface area contributed by atoms with Crippen molar-refractivity contribution in [3.8, 4) is 0 Å². The number of benzene rings is 1. The lowest BCUT2D eigenvalue weighted by atomic mass is 9.95. The van der Waals surface area contributed by atoms with Gasteiger partial charge in [0.15, 0.2) is 0 Å². The van der Waals surface area contributed by atoms with E-state index in [0.29, 0.717) is 0 Å². The van der Waals surface area contributed by atoms with Crippen molar-refractivity contribution in [2.24, 2.45) is 5.73 Å². The van der Waals surface area contributed by atoms with E-state index in [1.54, 1.807) is 0 Å². The number of nitrogens with two attached hydrogens (primary N) is 1. The van der Waals surface area contributed by atoms with Crippen molar-refractivity contribution >= 4 is 0 Å². The fourth-order valence-electron chi connectivity index (χ4n) is 2.46. The summed E-state index contributed by atoms with van der Waals surface area (Å²) in [6, 6.07) is 8.75. The van der Waals surface area contributed by atoms with Gasteiger partial charge in [-0.1, -0.05) is 37.6 Å². The standard InChI is InChI=1S/C15H23NO/c1-2-5-12-7-9-13(10-8-12)15(16)14-6-3-4-11-17-14/h7-10,14-15H,2-6,11,16H2,1H3. The molecule has 2 atom stereocenters. The first-order chi connectivity index (χ1) is 8.31. The Hall–Kier alpha value is -0.860. The van der Waals surface area contributed by atoms with E-state index in [2.05, 4.69) is 31.2 Å². The van der Waals surface area contributed by atoms with E-state index in [4.69, 9.17) is 10.5 Å². The predicted molar refractivity (Wildman–Crippen MR) is 71.0 cm³/mol. The molecule has 1 saturated heterocycles. The van der Waals surface area contributed by atoms with Crippen LogP contribution < -0.4 is 5.73 Å².